The highest BCUT2D eigenvalue weighted by Gasteiger charge is 2.33. The van der Waals surface area contributed by atoms with E-state index in [1.165, 1.54) is 30.3 Å². The standard InChI is InChI=1S/C27H29F3N2O4S/c1-26(2,3)23-14-7-8-15-24(23)36-17-16-31-25(33)19-32(37(34,35)22-12-5-4-6-13-22)21-11-9-10-20(18-21)27(28,29)30/h4-15,18H,16-17,19H2,1-3H3,(H,31,33). The summed E-state index contributed by atoms with van der Waals surface area (Å²) < 4.78 is 73.0. The number of rotatable bonds is 9. The Labute approximate surface area is 215 Å². The number of hydrogen-bond donors (Lipinski definition) is 1. The molecule has 1 amide bonds. The van der Waals surface area contributed by atoms with E-state index in [2.05, 4.69) is 5.32 Å². The zero-order valence-corrected chi connectivity index (χ0v) is 21.6. The van der Waals surface area contributed by atoms with E-state index in [0.29, 0.717) is 16.1 Å². The van der Waals surface area contributed by atoms with E-state index in [-0.39, 0.29) is 29.1 Å². The molecule has 0 aromatic heterocycles. The topological polar surface area (TPSA) is 75.7 Å². The number of carbonyl (C=O) groups excluding carboxylic acids is 1. The van der Waals surface area contributed by atoms with Crippen molar-refractivity contribution in [3.63, 3.8) is 0 Å². The molecule has 0 aliphatic heterocycles. The Morgan fingerprint density at radius 2 is 1.57 bits per heavy atom. The number of hydrogen-bond acceptors (Lipinski definition) is 4. The van der Waals surface area contributed by atoms with Crippen LogP contribution in [0.1, 0.15) is 31.9 Å². The summed E-state index contributed by atoms with van der Waals surface area (Å²) in [5.41, 5.74) is -0.461. The van der Waals surface area contributed by atoms with Crippen LogP contribution in [0.5, 0.6) is 5.75 Å². The van der Waals surface area contributed by atoms with E-state index in [1.807, 2.05) is 45.0 Å². The lowest BCUT2D eigenvalue weighted by molar-refractivity contribution is -0.137. The van der Waals surface area contributed by atoms with Crippen molar-refractivity contribution in [2.24, 2.45) is 0 Å². The number of halogens is 3. The molecule has 0 heterocycles. The monoisotopic (exact) mass is 534 g/mol. The van der Waals surface area contributed by atoms with Crippen LogP contribution in [-0.4, -0.2) is 34.0 Å². The molecule has 3 aromatic rings. The van der Waals surface area contributed by atoms with Crippen LogP contribution in [0.4, 0.5) is 18.9 Å². The minimum Gasteiger partial charge on any atom is -0.491 e. The number of para-hydroxylation sites is 1. The van der Waals surface area contributed by atoms with Gasteiger partial charge in [0.15, 0.2) is 0 Å². The van der Waals surface area contributed by atoms with Crippen molar-refractivity contribution in [2.45, 2.75) is 37.3 Å². The molecule has 0 aliphatic carbocycles. The van der Waals surface area contributed by atoms with Crippen molar-refractivity contribution in [3.05, 3.63) is 90.0 Å². The third-order valence-corrected chi connectivity index (χ3v) is 7.24. The molecule has 3 aromatic carbocycles. The van der Waals surface area contributed by atoms with Crippen molar-refractivity contribution in [2.75, 3.05) is 24.0 Å². The highest BCUT2D eigenvalue weighted by Crippen LogP contribution is 2.33. The zero-order valence-electron chi connectivity index (χ0n) is 20.7. The van der Waals surface area contributed by atoms with Crippen molar-refractivity contribution in [3.8, 4) is 5.75 Å². The maximum absolute atomic E-state index is 13.3. The summed E-state index contributed by atoms with van der Waals surface area (Å²) in [4.78, 5) is 12.6. The van der Waals surface area contributed by atoms with Gasteiger partial charge in [0.2, 0.25) is 5.91 Å². The van der Waals surface area contributed by atoms with Gasteiger partial charge in [0, 0.05) is 0 Å². The van der Waals surface area contributed by atoms with Crippen LogP contribution < -0.4 is 14.4 Å². The van der Waals surface area contributed by atoms with Crippen molar-refractivity contribution in [1.29, 1.82) is 0 Å². The average molecular weight is 535 g/mol. The van der Waals surface area contributed by atoms with Crippen molar-refractivity contribution >= 4 is 21.6 Å². The lowest BCUT2D eigenvalue weighted by Crippen LogP contribution is -2.42. The Morgan fingerprint density at radius 1 is 0.919 bits per heavy atom. The van der Waals surface area contributed by atoms with Crippen LogP contribution >= 0.6 is 0 Å². The van der Waals surface area contributed by atoms with E-state index in [0.717, 1.165) is 17.7 Å². The molecule has 0 aliphatic rings. The first-order valence-electron chi connectivity index (χ1n) is 11.5. The van der Waals surface area contributed by atoms with E-state index in [4.69, 9.17) is 4.74 Å². The van der Waals surface area contributed by atoms with Crippen molar-refractivity contribution < 1.29 is 31.1 Å². The van der Waals surface area contributed by atoms with Crippen molar-refractivity contribution in [1.82, 2.24) is 5.32 Å². The molecule has 0 saturated carbocycles. The van der Waals surface area contributed by atoms with Gasteiger partial charge in [-0.05, 0) is 47.4 Å². The molecule has 0 atom stereocenters. The predicted molar refractivity (Wildman–Crippen MR) is 136 cm³/mol. The zero-order chi connectivity index (χ0) is 27.3. The van der Waals surface area contributed by atoms with Crippen LogP contribution in [0.25, 0.3) is 0 Å². The van der Waals surface area contributed by atoms with Gasteiger partial charge in [0.05, 0.1) is 22.7 Å². The summed E-state index contributed by atoms with van der Waals surface area (Å²) >= 11 is 0. The van der Waals surface area contributed by atoms with Gasteiger partial charge in [-0.2, -0.15) is 13.2 Å². The Bertz CT molecular complexity index is 1320. The third-order valence-electron chi connectivity index (χ3n) is 5.46. The van der Waals surface area contributed by atoms with Crippen LogP contribution in [0, 0.1) is 0 Å². The van der Waals surface area contributed by atoms with Gasteiger partial charge in [-0.3, -0.25) is 9.10 Å². The summed E-state index contributed by atoms with van der Waals surface area (Å²) in [6.45, 7) is 5.62. The third kappa shape index (κ3) is 7.25. The number of amides is 1. The lowest BCUT2D eigenvalue weighted by atomic mass is 9.86. The Kier molecular flexibility index (Phi) is 8.53. The molecule has 3 rings (SSSR count). The Morgan fingerprint density at radius 3 is 2.22 bits per heavy atom. The fourth-order valence-electron chi connectivity index (χ4n) is 3.62. The molecular weight excluding hydrogens is 505 g/mol. The first-order chi connectivity index (χ1) is 17.3. The molecule has 198 valence electrons. The summed E-state index contributed by atoms with van der Waals surface area (Å²) in [5.74, 6) is -0.0221. The first kappa shape index (κ1) is 28.0. The van der Waals surface area contributed by atoms with Crippen LogP contribution in [0.15, 0.2) is 83.8 Å². The molecule has 1 N–H and O–H groups in total. The molecule has 37 heavy (non-hydrogen) atoms. The summed E-state index contributed by atoms with van der Waals surface area (Å²) in [6, 6.07) is 18.6. The fraction of sp³-hybridized carbons (Fsp3) is 0.296. The van der Waals surface area contributed by atoms with E-state index in [1.54, 1.807) is 6.07 Å². The number of anilines is 1. The van der Waals surface area contributed by atoms with E-state index < -0.39 is 34.2 Å². The smallest absolute Gasteiger partial charge is 0.416 e. The van der Waals surface area contributed by atoms with Crippen LogP contribution in [0.3, 0.4) is 0 Å². The van der Waals surface area contributed by atoms with Gasteiger partial charge in [-0.1, -0.05) is 63.2 Å². The second-order valence-electron chi connectivity index (χ2n) is 9.32. The van der Waals surface area contributed by atoms with Crippen LogP contribution in [-0.2, 0) is 26.4 Å². The Hall–Kier alpha value is -3.53. The highest BCUT2D eigenvalue weighted by molar-refractivity contribution is 7.92. The molecule has 0 bridgehead atoms. The molecule has 10 heteroatoms. The van der Waals surface area contributed by atoms with Gasteiger partial charge in [-0.25, -0.2) is 8.42 Å². The first-order valence-corrected chi connectivity index (χ1v) is 13.0. The quantitative estimate of drug-likeness (QED) is 0.374. The maximum Gasteiger partial charge on any atom is 0.416 e. The largest absolute Gasteiger partial charge is 0.491 e. The van der Waals surface area contributed by atoms with Gasteiger partial charge in [-0.15, -0.1) is 0 Å². The minimum absolute atomic E-state index is 0.0686. The number of alkyl halides is 3. The minimum atomic E-state index is -4.68. The molecular formula is C27H29F3N2O4S. The second-order valence-corrected chi connectivity index (χ2v) is 11.2. The number of benzene rings is 3. The molecule has 0 unspecified atom stereocenters. The van der Waals surface area contributed by atoms with Crippen LogP contribution in [0.2, 0.25) is 0 Å². The Balaban J connectivity index is 1.76. The molecule has 0 saturated heterocycles. The fourth-order valence-corrected chi connectivity index (χ4v) is 5.06. The van der Waals surface area contributed by atoms with E-state index >= 15 is 0 Å². The SMILES string of the molecule is CC(C)(C)c1ccccc1OCCNC(=O)CN(c1cccc(C(F)(F)F)c1)S(=O)(=O)c1ccccc1. The normalized spacial score (nSPS) is 12.2. The number of carbonyl (C=O) groups is 1. The summed E-state index contributed by atoms with van der Waals surface area (Å²) in [6.07, 6.45) is -4.68. The molecule has 0 spiro atoms. The van der Waals surface area contributed by atoms with E-state index in [9.17, 15) is 26.4 Å². The lowest BCUT2D eigenvalue weighted by Gasteiger charge is -2.25. The van der Waals surface area contributed by atoms with Gasteiger partial charge < -0.3 is 10.1 Å². The summed E-state index contributed by atoms with van der Waals surface area (Å²) in [5, 5.41) is 2.59. The van der Waals surface area contributed by atoms with Gasteiger partial charge in [0.1, 0.15) is 18.9 Å². The second kappa shape index (κ2) is 11.2. The predicted octanol–water partition coefficient (Wildman–Crippen LogP) is 5.39. The number of nitrogens with zero attached hydrogens (tertiary/aromatic N) is 1. The molecule has 0 fully saturated rings. The van der Waals surface area contributed by atoms with Gasteiger partial charge >= 0.3 is 6.18 Å². The number of ether oxygens (including phenoxy) is 1. The summed E-state index contributed by atoms with van der Waals surface area (Å²) in [7, 11) is -4.33. The highest BCUT2D eigenvalue weighted by atomic mass is 32.2. The molecule has 6 nitrogen and oxygen atoms in total. The average Bonchev–Trinajstić information content (AvgIpc) is 2.85. The number of sulfonamides is 1. The maximum atomic E-state index is 13.3. The number of nitrogens with one attached hydrogen (secondary N) is 1. The molecule has 0 radical (unpaired) electrons. The van der Waals surface area contributed by atoms with Gasteiger partial charge in [0.25, 0.3) is 10.0 Å².